The molecular weight excluding hydrogens is 324 g/mol. The molecule has 106 valence electrons. The van der Waals surface area contributed by atoms with Crippen LogP contribution in [0.5, 0.6) is 0 Å². The molecule has 1 aromatic rings. The van der Waals surface area contributed by atoms with E-state index in [1.807, 2.05) is 0 Å². The smallest absolute Gasteiger partial charge is 0.330 e. The number of nitrogens with one attached hydrogen (secondary N) is 1. The zero-order chi connectivity index (χ0) is 14.5. The van der Waals surface area contributed by atoms with Gasteiger partial charge in [0.05, 0.1) is 18.4 Å². The highest BCUT2D eigenvalue weighted by Crippen LogP contribution is 2.40. The highest BCUT2D eigenvalue weighted by molar-refractivity contribution is 9.10. The van der Waals surface area contributed by atoms with E-state index in [1.54, 1.807) is 18.3 Å². The zero-order valence-corrected chi connectivity index (χ0v) is 12.6. The zero-order valence-electron chi connectivity index (χ0n) is 11.1. The first-order chi connectivity index (χ1) is 9.61. The molecule has 20 heavy (non-hydrogen) atoms. The van der Waals surface area contributed by atoms with Crippen LogP contribution in [-0.2, 0) is 9.53 Å². The molecule has 1 aromatic heterocycles. The summed E-state index contributed by atoms with van der Waals surface area (Å²) >= 11 is 3.33. The van der Waals surface area contributed by atoms with Crippen LogP contribution in [0.4, 0.5) is 0 Å². The van der Waals surface area contributed by atoms with Gasteiger partial charge in [-0.05, 0) is 34.8 Å². The number of carbonyl (C=O) groups is 2. The van der Waals surface area contributed by atoms with Gasteiger partial charge in [0.1, 0.15) is 0 Å². The van der Waals surface area contributed by atoms with E-state index in [0.29, 0.717) is 11.5 Å². The van der Waals surface area contributed by atoms with E-state index in [0.717, 1.165) is 23.0 Å². The number of ether oxygens (including phenoxy) is 1. The molecule has 0 unspecified atom stereocenters. The van der Waals surface area contributed by atoms with Gasteiger partial charge in [-0.1, -0.05) is 6.08 Å². The van der Waals surface area contributed by atoms with Gasteiger partial charge in [-0.2, -0.15) is 0 Å². The molecule has 0 saturated heterocycles. The lowest BCUT2D eigenvalue weighted by Crippen LogP contribution is -2.25. The number of methoxy groups -OCH3 is 1. The maximum Gasteiger partial charge on any atom is 0.330 e. The van der Waals surface area contributed by atoms with E-state index in [-0.39, 0.29) is 12.5 Å². The first-order valence-electron chi connectivity index (χ1n) is 6.30. The third-order valence-corrected chi connectivity index (χ3v) is 3.36. The van der Waals surface area contributed by atoms with Crippen LogP contribution >= 0.6 is 15.9 Å². The van der Waals surface area contributed by atoms with Gasteiger partial charge in [0.25, 0.3) is 5.91 Å². The molecule has 0 atom stereocenters. The number of rotatable bonds is 5. The Morgan fingerprint density at radius 2 is 2.30 bits per heavy atom. The van der Waals surface area contributed by atoms with Crippen LogP contribution < -0.4 is 5.32 Å². The molecule has 2 rings (SSSR count). The maximum absolute atomic E-state index is 12.1. The summed E-state index contributed by atoms with van der Waals surface area (Å²) in [6.07, 6.45) is 6.70. The lowest BCUT2D eigenvalue weighted by molar-refractivity contribution is -0.134. The lowest BCUT2D eigenvalue weighted by atomic mass is 10.1. The molecule has 1 aliphatic rings. The number of esters is 1. The van der Waals surface area contributed by atoms with Gasteiger partial charge in [-0.15, -0.1) is 0 Å². The number of aromatic nitrogens is 1. The fraction of sp³-hybridized carbons (Fsp3) is 0.357. The van der Waals surface area contributed by atoms with E-state index < -0.39 is 5.97 Å². The average Bonchev–Trinajstić information content (AvgIpc) is 3.27. The highest BCUT2D eigenvalue weighted by atomic mass is 79.9. The van der Waals surface area contributed by atoms with Crippen LogP contribution in [0.1, 0.15) is 34.8 Å². The van der Waals surface area contributed by atoms with Crippen molar-refractivity contribution in [3.05, 3.63) is 40.1 Å². The third kappa shape index (κ3) is 3.90. The van der Waals surface area contributed by atoms with Gasteiger partial charge >= 0.3 is 5.97 Å². The van der Waals surface area contributed by atoms with Crippen molar-refractivity contribution in [3.8, 4) is 0 Å². The Kier molecular flexibility index (Phi) is 4.89. The summed E-state index contributed by atoms with van der Waals surface area (Å²) in [7, 11) is 1.31. The number of halogens is 1. The highest BCUT2D eigenvalue weighted by Gasteiger charge is 2.29. The van der Waals surface area contributed by atoms with E-state index in [9.17, 15) is 9.59 Å². The quantitative estimate of drug-likeness (QED) is 0.660. The number of hydrogen-bond acceptors (Lipinski definition) is 4. The second kappa shape index (κ2) is 6.65. The molecule has 0 aromatic carbocycles. The minimum absolute atomic E-state index is 0.185. The largest absolute Gasteiger partial charge is 0.466 e. The first-order valence-corrected chi connectivity index (χ1v) is 7.09. The van der Waals surface area contributed by atoms with Crippen molar-refractivity contribution >= 4 is 27.8 Å². The fourth-order valence-electron chi connectivity index (χ4n) is 1.78. The van der Waals surface area contributed by atoms with Crippen molar-refractivity contribution in [2.24, 2.45) is 0 Å². The molecule has 0 radical (unpaired) electrons. The molecule has 0 bridgehead atoms. The standard InChI is InChI=1S/C14H15BrN2O3/c1-20-12(18)3-2-6-16-14(19)11-7-10(15)8-17-13(11)9-4-5-9/h2-3,7-9H,4-6H2,1H3,(H,16,19)/b3-2+. The number of pyridine rings is 1. The van der Waals surface area contributed by atoms with Crippen LogP contribution in [0.2, 0.25) is 0 Å². The van der Waals surface area contributed by atoms with Crippen molar-refractivity contribution in [2.45, 2.75) is 18.8 Å². The van der Waals surface area contributed by atoms with Crippen molar-refractivity contribution in [1.82, 2.24) is 10.3 Å². The Bertz CT molecular complexity index is 553. The molecular formula is C14H15BrN2O3. The summed E-state index contributed by atoms with van der Waals surface area (Å²) in [5.41, 5.74) is 1.44. The van der Waals surface area contributed by atoms with Crippen LogP contribution in [0.3, 0.4) is 0 Å². The summed E-state index contributed by atoms with van der Waals surface area (Å²) in [4.78, 5) is 27.4. The van der Waals surface area contributed by atoms with E-state index in [1.165, 1.54) is 13.2 Å². The molecule has 1 saturated carbocycles. The van der Waals surface area contributed by atoms with Gasteiger partial charge < -0.3 is 10.1 Å². The third-order valence-electron chi connectivity index (χ3n) is 2.93. The van der Waals surface area contributed by atoms with Crippen LogP contribution in [-0.4, -0.2) is 30.5 Å². The van der Waals surface area contributed by atoms with Crippen LogP contribution in [0.15, 0.2) is 28.9 Å². The Balaban J connectivity index is 2.00. The van der Waals surface area contributed by atoms with Crippen molar-refractivity contribution in [3.63, 3.8) is 0 Å². The first kappa shape index (κ1) is 14.7. The summed E-state index contributed by atoms with van der Waals surface area (Å²) in [5.74, 6) is -0.230. The van der Waals surface area contributed by atoms with Gasteiger partial charge in [0, 0.05) is 29.2 Å². The van der Waals surface area contributed by atoms with Gasteiger partial charge in [-0.3, -0.25) is 9.78 Å². The van der Waals surface area contributed by atoms with E-state index in [4.69, 9.17) is 0 Å². The molecule has 1 amide bonds. The topological polar surface area (TPSA) is 68.3 Å². The Hall–Kier alpha value is -1.69. The second-order valence-corrected chi connectivity index (χ2v) is 5.41. The average molecular weight is 339 g/mol. The summed E-state index contributed by atoms with van der Waals surface area (Å²) in [5, 5.41) is 2.73. The number of hydrogen-bond donors (Lipinski definition) is 1. The molecule has 1 N–H and O–H groups in total. The predicted octanol–water partition coefficient (Wildman–Crippen LogP) is 2.18. The SMILES string of the molecule is COC(=O)/C=C/CNC(=O)c1cc(Br)cnc1C1CC1. The lowest BCUT2D eigenvalue weighted by Gasteiger charge is -2.08. The number of carbonyl (C=O) groups excluding carboxylic acids is 2. The molecule has 0 spiro atoms. The second-order valence-electron chi connectivity index (χ2n) is 4.50. The normalized spacial score (nSPS) is 14.3. The molecule has 6 heteroatoms. The fourth-order valence-corrected chi connectivity index (χ4v) is 2.12. The van der Waals surface area contributed by atoms with E-state index >= 15 is 0 Å². The molecule has 0 aliphatic heterocycles. The van der Waals surface area contributed by atoms with Crippen molar-refractivity contribution in [1.29, 1.82) is 0 Å². The summed E-state index contributed by atoms with van der Waals surface area (Å²) in [6, 6.07) is 1.78. The monoisotopic (exact) mass is 338 g/mol. The Labute approximate surface area is 125 Å². The van der Waals surface area contributed by atoms with Gasteiger partial charge in [0.15, 0.2) is 0 Å². The maximum atomic E-state index is 12.1. The van der Waals surface area contributed by atoms with E-state index in [2.05, 4.69) is 31.0 Å². The molecule has 1 aliphatic carbocycles. The minimum Gasteiger partial charge on any atom is -0.466 e. The molecule has 5 nitrogen and oxygen atoms in total. The summed E-state index contributed by atoms with van der Waals surface area (Å²) < 4.78 is 5.24. The van der Waals surface area contributed by atoms with Crippen LogP contribution in [0, 0.1) is 0 Å². The van der Waals surface area contributed by atoms with Gasteiger partial charge in [-0.25, -0.2) is 4.79 Å². The number of amides is 1. The van der Waals surface area contributed by atoms with Crippen molar-refractivity contribution in [2.75, 3.05) is 13.7 Å². The number of nitrogens with zero attached hydrogens (tertiary/aromatic N) is 1. The molecule has 1 fully saturated rings. The Morgan fingerprint density at radius 3 is 2.95 bits per heavy atom. The Morgan fingerprint density at radius 1 is 1.55 bits per heavy atom. The summed E-state index contributed by atoms with van der Waals surface area (Å²) in [6.45, 7) is 0.268. The van der Waals surface area contributed by atoms with Crippen molar-refractivity contribution < 1.29 is 14.3 Å². The minimum atomic E-state index is -0.443. The predicted molar refractivity (Wildman–Crippen MR) is 77.4 cm³/mol. The molecule has 1 heterocycles. The van der Waals surface area contributed by atoms with Crippen LogP contribution in [0.25, 0.3) is 0 Å². The van der Waals surface area contributed by atoms with Gasteiger partial charge in [0.2, 0.25) is 0 Å².